The highest BCUT2D eigenvalue weighted by atomic mass is 32.1. The number of unbranched alkanes of at least 4 members (excludes halogenated alkanes) is 1. The van der Waals surface area contributed by atoms with E-state index in [-0.39, 0.29) is 5.41 Å². The topological polar surface area (TPSA) is 19.4 Å². The Morgan fingerprint density at radius 1 is 1.28 bits per heavy atom. The lowest BCUT2D eigenvalue weighted by atomic mass is 9.66. The molecule has 0 saturated carbocycles. The second-order valence-corrected chi connectivity index (χ2v) is 7.76. The van der Waals surface area contributed by atoms with E-state index in [4.69, 9.17) is 17.2 Å². The summed E-state index contributed by atoms with van der Waals surface area (Å²) in [6.07, 6.45) is 12.5. The third-order valence-corrected chi connectivity index (χ3v) is 6.43. The van der Waals surface area contributed by atoms with Gasteiger partial charge in [0, 0.05) is 19.3 Å². The lowest BCUT2D eigenvalue weighted by Crippen LogP contribution is -2.63. The molecule has 2 unspecified atom stereocenters. The quantitative estimate of drug-likeness (QED) is 0.555. The molecule has 2 atom stereocenters. The third kappa shape index (κ3) is 3.65. The summed E-state index contributed by atoms with van der Waals surface area (Å²) in [5.41, 5.74) is 1.03. The summed E-state index contributed by atoms with van der Waals surface area (Å²) in [5.74, 6) is 0.540. The van der Waals surface area contributed by atoms with E-state index < -0.39 is 0 Å². The first-order valence-electron chi connectivity index (χ1n) is 9.80. The smallest absolute Gasteiger partial charge is 0.0928 e. The Balaban J connectivity index is 2.03. The molecule has 4 heteroatoms. The van der Waals surface area contributed by atoms with Gasteiger partial charge in [-0.1, -0.05) is 43.8 Å². The number of rotatable bonds is 6. The molecule has 1 aliphatic carbocycles. The molecule has 0 aromatic carbocycles. The molecule has 136 valence electrons. The summed E-state index contributed by atoms with van der Waals surface area (Å²) in [6.45, 7) is 8.58. The Kier molecular flexibility index (Phi) is 6.24. The molecule has 1 fully saturated rings. The van der Waals surface area contributed by atoms with Gasteiger partial charge in [-0.2, -0.15) is 0 Å². The zero-order valence-electron chi connectivity index (χ0n) is 15.7. The monoisotopic (exact) mass is 357 g/mol. The average Bonchev–Trinajstić information content (AvgIpc) is 2.68. The van der Waals surface area contributed by atoms with Crippen molar-refractivity contribution in [3.63, 3.8) is 0 Å². The maximum Gasteiger partial charge on any atom is 0.0928 e. The molecule has 3 rings (SSSR count). The van der Waals surface area contributed by atoms with Gasteiger partial charge in [-0.05, 0) is 57.2 Å². The van der Waals surface area contributed by atoms with E-state index in [1.807, 2.05) is 12.3 Å². The molecule has 0 amide bonds. The Morgan fingerprint density at radius 3 is 2.80 bits per heavy atom. The van der Waals surface area contributed by atoms with Crippen LogP contribution in [0.5, 0.6) is 0 Å². The van der Waals surface area contributed by atoms with Crippen LogP contribution >= 0.6 is 12.2 Å². The molecule has 1 aromatic rings. The van der Waals surface area contributed by atoms with Gasteiger partial charge in [0.05, 0.1) is 22.8 Å². The minimum absolute atomic E-state index is 0.136. The van der Waals surface area contributed by atoms with Crippen LogP contribution < -0.4 is 0 Å². The molecule has 2 aliphatic rings. The van der Waals surface area contributed by atoms with Crippen LogP contribution in [0.25, 0.3) is 0 Å². The largest absolute Gasteiger partial charge is 0.353 e. The zero-order valence-corrected chi connectivity index (χ0v) is 16.5. The van der Waals surface area contributed by atoms with Crippen LogP contribution in [0.15, 0.2) is 36.5 Å². The predicted molar refractivity (Wildman–Crippen MR) is 109 cm³/mol. The molecule has 2 heterocycles. The molecule has 0 radical (unpaired) electrons. The van der Waals surface area contributed by atoms with E-state index in [9.17, 15) is 0 Å². The maximum atomic E-state index is 6.12. The van der Waals surface area contributed by atoms with Crippen molar-refractivity contribution in [2.75, 3.05) is 26.3 Å². The van der Waals surface area contributed by atoms with Gasteiger partial charge >= 0.3 is 0 Å². The fraction of sp³-hybridized carbons (Fsp3) is 0.619. The third-order valence-electron chi connectivity index (χ3n) is 5.81. The van der Waals surface area contributed by atoms with Gasteiger partial charge in [-0.25, -0.2) is 0 Å². The number of hydrogen-bond acceptors (Lipinski definition) is 3. The minimum Gasteiger partial charge on any atom is -0.353 e. The van der Waals surface area contributed by atoms with Crippen molar-refractivity contribution in [2.24, 2.45) is 5.92 Å². The summed E-state index contributed by atoms with van der Waals surface area (Å²) in [4.78, 5) is 10.9. The van der Waals surface area contributed by atoms with E-state index in [1.165, 1.54) is 25.0 Å². The molecule has 3 nitrogen and oxygen atoms in total. The van der Waals surface area contributed by atoms with Gasteiger partial charge in [0.2, 0.25) is 0 Å². The highest BCUT2D eigenvalue weighted by molar-refractivity contribution is 7.80. The fourth-order valence-corrected chi connectivity index (χ4v) is 4.93. The Bertz CT molecular complexity index is 600. The SMILES string of the molecule is CCCCN1CN(CC)C(=S)C(c2ccccn2)(C2CC=CCC2)C1. The molecule has 0 bridgehead atoms. The van der Waals surface area contributed by atoms with Crippen molar-refractivity contribution in [3.05, 3.63) is 42.2 Å². The van der Waals surface area contributed by atoms with E-state index in [1.54, 1.807) is 0 Å². The van der Waals surface area contributed by atoms with Crippen molar-refractivity contribution in [1.29, 1.82) is 0 Å². The molecule has 25 heavy (non-hydrogen) atoms. The summed E-state index contributed by atoms with van der Waals surface area (Å²) in [5, 5.41) is 0. The second-order valence-electron chi connectivity index (χ2n) is 7.38. The van der Waals surface area contributed by atoms with Gasteiger partial charge in [0.1, 0.15) is 0 Å². The minimum atomic E-state index is -0.136. The van der Waals surface area contributed by atoms with Crippen molar-refractivity contribution in [3.8, 4) is 0 Å². The van der Waals surface area contributed by atoms with Gasteiger partial charge < -0.3 is 4.90 Å². The van der Waals surface area contributed by atoms with Crippen LogP contribution in [0.2, 0.25) is 0 Å². The Labute approximate surface area is 158 Å². The van der Waals surface area contributed by atoms with Gasteiger partial charge in [0.25, 0.3) is 0 Å². The standard InChI is InChI=1S/C21H31N3S/c1-3-5-15-23-16-21(18-11-7-6-8-12-18,19-13-9-10-14-22-19)20(25)24(4-2)17-23/h6-7,9-10,13-14,18H,3-5,8,11-12,15-17H2,1-2H3. The average molecular weight is 358 g/mol. The number of pyridine rings is 1. The Morgan fingerprint density at radius 2 is 2.16 bits per heavy atom. The van der Waals surface area contributed by atoms with E-state index >= 15 is 0 Å². The van der Waals surface area contributed by atoms with Crippen molar-refractivity contribution < 1.29 is 0 Å². The van der Waals surface area contributed by atoms with E-state index in [0.29, 0.717) is 5.92 Å². The van der Waals surface area contributed by atoms with Crippen molar-refractivity contribution in [2.45, 2.75) is 51.4 Å². The number of allylic oxidation sites excluding steroid dienone is 2. The van der Waals surface area contributed by atoms with Crippen LogP contribution in [0.4, 0.5) is 0 Å². The van der Waals surface area contributed by atoms with Gasteiger partial charge in [-0.3, -0.25) is 9.88 Å². The van der Waals surface area contributed by atoms with Crippen LogP contribution in [-0.2, 0) is 5.41 Å². The number of likely N-dealkylation sites (N-methyl/N-ethyl adjacent to an activating group) is 1. The highest BCUT2D eigenvalue weighted by Crippen LogP contribution is 2.43. The molecule has 0 spiro atoms. The molecular weight excluding hydrogens is 326 g/mol. The molecule has 0 N–H and O–H groups in total. The van der Waals surface area contributed by atoms with Crippen LogP contribution in [0, 0.1) is 5.92 Å². The van der Waals surface area contributed by atoms with E-state index in [2.05, 4.69) is 47.9 Å². The number of aromatic nitrogens is 1. The first-order valence-corrected chi connectivity index (χ1v) is 10.2. The first-order chi connectivity index (χ1) is 12.2. The molecule has 1 saturated heterocycles. The highest BCUT2D eigenvalue weighted by Gasteiger charge is 2.50. The molecular formula is C21H31N3S. The van der Waals surface area contributed by atoms with Crippen LogP contribution in [-0.4, -0.2) is 46.1 Å². The normalized spacial score (nSPS) is 27.7. The number of hydrogen-bond donors (Lipinski definition) is 0. The predicted octanol–water partition coefficient (Wildman–Crippen LogP) is 4.40. The van der Waals surface area contributed by atoms with Crippen molar-refractivity contribution in [1.82, 2.24) is 14.8 Å². The zero-order chi connectivity index (χ0) is 17.7. The second kappa shape index (κ2) is 8.41. The van der Waals surface area contributed by atoms with Gasteiger partial charge in [0.15, 0.2) is 0 Å². The van der Waals surface area contributed by atoms with E-state index in [0.717, 1.165) is 44.1 Å². The van der Waals surface area contributed by atoms with Gasteiger partial charge in [-0.15, -0.1) is 0 Å². The van der Waals surface area contributed by atoms with Crippen molar-refractivity contribution >= 4 is 17.2 Å². The number of nitrogens with zero attached hydrogens (tertiary/aromatic N) is 3. The van der Waals surface area contributed by atoms with Crippen LogP contribution in [0.3, 0.4) is 0 Å². The molecule has 1 aliphatic heterocycles. The molecule has 1 aromatic heterocycles. The van der Waals surface area contributed by atoms with Crippen LogP contribution in [0.1, 0.15) is 51.6 Å². The maximum absolute atomic E-state index is 6.12. The number of thiocarbonyl (C=S) groups is 1. The summed E-state index contributed by atoms with van der Waals surface area (Å²) < 4.78 is 0. The summed E-state index contributed by atoms with van der Waals surface area (Å²) >= 11 is 6.12. The first kappa shape index (κ1) is 18.5. The summed E-state index contributed by atoms with van der Waals surface area (Å²) in [7, 11) is 0. The lowest BCUT2D eigenvalue weighted by molar-refractivity contribution is 0.0976. The summed E-state index contributed by atoms with van der Waals surface area (Å²) in [6, 6.07) is 6.32. The Hall–Kier alpha value is -1.26. The lowest BCUT2D eigenvalue weighted by Gasteiger charge is -2.52. The fourth-order valence-electron chi connectivity index (χ4n) is 4.40.